The highest BCUT2D eigenvalue weighted by Crippen LogP contribution is 2.25. The first-order valence-electron chi connectivity index (χ1n) is 6.62. The first-order chi connectivity index (χ1) is 9.02. The van der Waals surface area contributed by atoms with Gasteiger partial charge in [0, 0.05) is 37.8 Å². The first-order valence-corrected chi connectivity index (χ1v) is 6.62. The van der Waals surface area contributed by atoms with Gasteiger partial charge in [0.15, 0.2) is 0 Å². The zero-order valence-electron chi connectivity index (χ0n) is 11.4. The second-order valence-electron chi connectivity index (χ2n) is 5.24. The van der Waals surface area contributed by atoms with Crippen molar-refractivity contribution in [3.8, 4) is 0 Å². The van der Waals surface area contributed by atoms with E-state index < -0.39 is 5.82 Å². The standard InChI is InChI=1S/C14H21F2N3/c1-10-9-19(6-5-18(10)2)14(8-17)12-7-11(15)3-4-13(12)16/h3-4,7,10,14H,5-6,8-9,17H2,1-2H3. The highest BCUT2D eigenvalue weighted by Gasteiger charge is 2.28. The van der Waals surface area contributed by atoms with Crippen molar-refractivity contribution in [1.82, 2.24) is 9.80 Å². The largest absolute Gasteiger partial charge is 0.329 e. The minimum atomic E-state index is -0.419. The third-order valence-corrected chi connectivity index (χ3v) is 3.97. The predicted molar refractivity (Wildman–Crippen MR) is 71.8 cm³/mol. The molecule has 1 aliphatic heterocycles. The second kappa shape index (κ2) is 5.94. The van der Waals surface area contributed by atoms with Crippen molar-refractivity contribution >= 4 is 0 Å². The number of hydrogen-bond donors (Lipinski definition) is 1. The smallest absolute Gasteiger partial charge is 0.128 e. The van der Waals surface area contributed by atoms with E-state index in [1.807, 2.05) is 0 Å². The van der Waals surface area contributed by atoms with Crippen molar-refractivity contribution in [3.05, 3.63) is 35.4 Å². The monoisotopic (exact) mass is 269 g/mol. The molecule has 0 spiro atoms. The van der Waals surface area contributed by atoms with Crippen molar-refractivity contribution in [2.75, 3.05) is 33.2 Å². The number of halogens is 2. The molecule has 1 aromatic rings. The van der Waals surface area contributed by atoms with Crippen LogP contribution in [0.2, 0.25) is 0 Å². The summed E-state index contributed by atoms with van der Waals surface area (Å²) >= 11 is 0. The Labute approximate surface area is 113 Å². The maximum absolute atomic E-state index is 13.9. The van der Waals surface area contributed by atoms with Gasteiger partial charge in [-0.1, -0.05) is 0 Å². The summed E-state index contributed by atoms with van der Waals surface area (Å²) in [6.45, 7) is 4.96. The molecule has 106 valence electrons. The number of nitrogens with two attached hydrogens (primary N) is 1. The average Bonchev–Trinajstić information content (AvgIpc) is 2.38. The SMILES string of the molecule is CC1CN(C(CN)c2cc(F)ccc2F)CCN1C. The third kappa shape index (κ3) is 3.11. The van der Waals surface area contributed by atoms with Gasteiger partial charge < -0.3 is 10.6 Å². The number of piperazine rings is 1. The summed E-state index contributed by atoms with van der Waals surface area (Å²) in [5.74, 6) is -0.805. The van der Waals surface area contributed by atoms with Crippen molar-refractivity contribution in [2.45, 2.75) is 19.0 Å². The Morgan fingerprint density at radius 2 is 2.11 bits per heavy atom. The van der Waals surface area contributed by atoms with Gasteiger partial charge in [0.25, 0.3) is 0 Å². The highest BCUT2D eigenvalue weighted by atomic mass is 19.1. The molecule has 0 saturated carbocycles. The van der Waals surface area contributed by atoms with E-state index >= 15 is 0 Å². The van der Waals surface area contributed by atoms with E-state index in [4.69, 9.17) is 5.73 Å². The van der Waals surface area contributed by atoms with Crippen LogP contribution in [0.1, 0.15) is 18.5 Å². The van der Waals surface area contributed by atoms with Gasteiger partial charge in [-0.15, -0.1) is 0 Å². The molecule has 0 radical (unpaired) electrons. The lowest BCUT2D eigenvalue weighted by atomic mass is 10.0. The summed E-state index contributed by atoms with van der Waals surface area (Å²) in [5.41, 5.74) is 6.15. The summed E-state index contributed by atoms with van der Waals surface area (Å²) in [6.07, 6.45) is 0. The van der Waals surface area contributed by atoms with E-state index in [9.17, 15) is 8.78 Å². The topological polar surface area (TPSA) is 32.5 Å². The van der Waals surface area contributed by atoms with Gasteiger partial charge in [0.05, 0.1) is 6.04 Å². The van der Waals surface area contributed by atoms with Crippen LogP contribution in [-0.2, 0) is 0 Å². The highest BCUT2D eigenvalue weighted by molar-refractivity contribution is 5.23. The molecule has 1 aliphatic rings. The van der Waals surface area contributed by atoms with Gasteiger partial charge in [-0.3, -0.25) is 4.90 Å². The molecule has 2 rings (SSSR count). The Balaban J connectivity index is 2.22. The third-order valence-electron chi connectivity index (χ3n) is 3.97. The molecule has 1 heterocycles. The Kier molecular flexibility index (Phi) is 4.50. The molecule has 3 nitrogen and oxygen atoms in total. The van der Waals surface area contributed by atoms with E-state index in [0.717, 1.165) is 25.7 Å². The van der Waals surface area contributed by atoms with Gasteiger partial charge in [-0.25, -0.2) is 8.78 Å². The number of likely N-dealkylation sites (N-methyl/N-ethyl adjacent to an activating group) is 1. The molecule has 0 aromatic heterocycles. The Bertz CT molecular complexity index is 439. The fourth-order valence-electron chi connectivity index (χ4n) is 2.60. The number of nitrogens with zero attached hydrogens (tertiary/aromatic N) is 2. The van der Waals surface area contributed by atoms with Crippen molar-refractivity contribution < 1.29 is 8.78 Å². The molecule has 0 aliphatic carbocycles. The molecule has 5 heteroatoms. The van der Waals surface area contributed by atoms with Gasteiger partial charge in [-0.2, -0.15) is 0 Å². The van der Waals surface area contributed by atoms with E-state index in [2.05, 4.69) is 23.8 Å². The summed E-state index contributed by atoms with van der Waals surface area (Å²) in [7, 11) is 2.07. The predicted octanol–water partition coefficient (Wildman–Crippen LogP) is 1.60. The molecule has 2 unspecified atom stereocenters. The van der Waals surface area contributed by atoms with E-state index in [-0.39, 0.29) is 18.4 Å². The van der Waals surface area contributed by atoms with E-state index in [0.29, 0.717) is 11.6 Å². The van der Waals surface area contributed by atoms with Crippen LogP contribution in [0.5, 0.6) is 0 Å². The maximum atomic E-state index is 13.9. The number of hydrogen-bond acceptors (Lipinski definition) is 3. The molecule has 1 saturated heterocycles. The van der Waals surface area contributed by atoms with Crippen LogP contribution in [0.25, 0.3) is 0 Å². The number of benzene rings is 1. The normalized spacial score (nSPS) is 23.5. The Morgan fingerprint density at radius 1 is 1.37 bits per heavy atom. The van der Waals surface area contributed by atoms with Crippen LogP contribution in [0.15, 0.2) is 18.2 Å². The summed E-state index contributed by atoms with van der Waals surface area (Å²) in [6, 6.07) is 3.70. The Morgan fingerprint density at radius 3 is 2.74 bits per heavy atom. The summed E-state index contributed by atoms with van der Waals surface area (Å²) < 4.78 is 27.2. The molecule has 2 atom stereocenters. The Hall–Kier alpha value is -1.04. The molecule has 0 amide bonds. The van der Waals surface area contributed by atoms with Crippen LogP contribution < -0.4 is 5.73 Å². The van der Waals surface area contributed by atoms with Gasteiger partial charge in [-0.05, 0) is 32.2 Å². The second-order valence-corrected chi connectivity index (χ2v) is 5.24. The van der Waals surface area contributed by atoms with E-state index in [1.54, 1.807) is 0 Å². The summed E-state index contributed by atoms with van der Waals surface area (Å²) in [4.78, 5) is 4.40. The van der Waals surface area contributed by atoms with E-state index in [1.165, 1.54) is 12.1 Å². The van der Waals surface area contributed by atoms with Crippen molar-refractivity contribution in [1.29, 1.82) is 0 Å². The molecule has 1 fully saturated rings. The van der Waals surface area contributed by atoms with Gasteiger partial charge in [0.2, 0.25) is 0 Å². The lowest BCUT2D eigenvalue weighted by Crippen LogP contribution is -2.52. The van der Waals surface area contributed by atoms with Crippen LogP contribution in [0.4, 0.5) is 8.78 Å². The average molecular weight is 269 g/mol. The van der Waals surface area contributed by atoms with Crippen molar-refractivity contribution in [2.24, 2.45) is 5.73 Å². The molecular weight excluding hydrogens is 248 g/mol. The molecule has 1 aromatic carbocycles. The van der Waals surface area contributed by atoms with Crippen LogP contribution in [0, 0.1) is 11.6 Å². The van der Waals surface area contributed by atoms with Crippen LogP contribution in [-0.4, -0.2) is 49.1 Å². The van der Waals surface area contributed by atoms with Gasteiger partial charge >= 0.3 is 0 Å². The van der Waals surface area contributed by atoms with Gasteiger partial charge in [0.1, 0.15) is 11.6 Å². The lowest BCUT2D eigenvalue weighted by Gasteiger charge is -2.41. The zero-order chi connectivity index (χ0) is 14.0. The summed E-state index contributed by atoms with van der Waals surface area (Å²) in [5, 5.41) is 0. The minimum Gasteiger partial charge on any atom is -0.329 e. The van der Waals surface area contributed by atoms with Crippen LogP contribution in [0.3, 0.4) is 0 Å². The molecular formula is C14H21F2N3. The van der Waals surface area contributed by atoms with Crippen molar-refractivity contribution in [3.63, 3.8) is 0 Å². The van der Waals surface area contributed by atoms with Crippen LogP contribution >= 0.6 is 0 Å². The molecule has 19 heavy (non-hydrogen) atoms. The fourth-order valence-corrected chi connectivity index (χ4v) is 2.60. The minimum absolute atomic E-state index is 0.258. The quantitative estimate of drug-likeness (QED) is 0.904. The zero-order valence-corrected chi connectivity index (χ0v) is 11.4. The fraction of sp³-hybridized carbons (Fsp3) is 0.571. The molecule has 0 bridgehead atoms. The number of rotatable bonds is 3. The molecule has 2 N–H and O–H groups in total. The maximum Gasteiger partial charge on any atom is 0.128 e. The lowest BCUT2D eigenvalue weighted by molar-refractivity contribution is 0.0728. The first kappa shape index (κ1) is 14.4.